The molecule has 0 aromatic heterocycles. The summed E-state index contributed by atoms with van der Waals surface area (Å²) >= 11 is 6.04. The molecule has 0 fully saturated rings. The fraction of sp³-hybridized carbons (Fsp3) is 0.167. The number of halogens is 1. The molecule has 0 spiro atoms. The van der Waals surface area contributed by atoms with Crippen molar-refractivity contribution in [3.05, 3.63) is 41.4 Å². The maximum absolute atomic E-state index is 12.1. The highest BCUT2D eigenvalue weighted by atomic mass is 35.5. The standard InChI is InChI=1S/C12H13ClN2O2S/c1-8(14)15-18(16,17)12-7-3-4-9-10(12)5-2-6-11(9)13/h2-8,15H,14H2,1H3. The van der Waals surface area contributed by atoms with E-state index in [0.29, 0.717) is 15.8 Å². The molecular formula is C12H13ClN2O2S. The van der Waals surface area contributed by atoms with E-state index in [1.165, 1.54) is 6.07 Å². The Labute approximate surface area is 111 Å². The van der Waals surface area contributed by atoms with Gasteiger partial charge in [-0.1, -0.05) is 35.9 Å². The van der Waals surface area contributed by atoms with Crippen LogP contribution in [0.1, 0.15) is 6.92 Å². The molecule has 0 bridgehead atoms. The molecule has 2 aromatic carbocycles. The lowest BCUT2D eigenvalue weighted by molar-refractivity contribution is 0.566. The summed E-state index contributed by atoms with van der Waals surface area (Å²) in [5.74, 6) is 0. The molecule has 0 radical (unpaired) electrons. The van der Waals surface area contributed by atoms with E-state index in [4.69, 9.17) is 17.3 Å². The van der Waals surface area contributed by atoms with Gasteiger partial charge in [0.15, 0.2) is 0 Å². The molecule has 3 N–H and O–H groups in total. The van der Waals surface area contributed by atoms with Gasteiger partial charge in [0.2, 0.25) is 10.0 Å². The molecule has 6 heteroatoms. The summed E-state index contributed by atoms with van der Waals surface area (Å²) in [7, 11) is -3.64. The van der Waals surface area contributed by atoms with Crippen molar-refractivity contribution in [1.29, 1.82) is 0 Å². The Morgan fingerprint density at radius 2 is 1.78 bits per heavy atom. The number of hydrogen-bond donors (Lipinski definition) is 2. The van der Waals surface area contributed by atoms with Crippen LogP contribution in [0.5, 0.6) is 0 Å². The quantitative estimate of drug-likeness (QED) is 0.848. The normalized spacial score (nSPS) is 13.7. The first-order valence-corrected chi connectivity index (χ1v) is 7.23. The van der Waals surface area contributed by atoms with E-state index in [0.717, 1.165) is 0 Å². The van der Waals surface area contributed by atoms with Crippen molar-refractivity contribution in [3.8, 4) is 0 Å². The number of sulfonamides is 1. The van der Waals surface area contributed by atoms with Crippen LogP contribution in [0.15, 0.2) is 41.3 Å². The van der Waals surface area contributed by atoms with Crippen molar-refractivity contribution in [2.45, 2.75) is 18.0 Å². The van der Waals surface area contributed by atoms with Crippen molar-refractivity contribution in [2.75, 3.05) is 0 Å². The molecule has 1 atom stereocenters. The van der Waals surface area contributed by atoms with Gasteiger partial charge in [-0.3, -0.25) is 0 Å². The van der Waals surface area contributed by atoms with E-state index in [1.54, 1.807) is 37.3 Å². The van der Waals surface area contributed by atoms with Gasteiger partial charge in [0.05, 0.1) is 11.1 Å². The molecule has 2 rings (SSSR count). The van der Waals surface area contributed by atoms with Gasteiger partial charge < -0.3 is 5.73 Å². The number of rotatable bonds is 3. The van der Waals surface area contributed by atoms with E-state index >= 15 is 0 Å². The van der Waals surface area contributed by atoms with Crippen LogP contribution in [0.3, 0.4) is 0 Å². The molecule has 0 aliphatic rings. The molecule has 0 saturated heterocycles. The summed E-state index contributed by atoms with van der Waals surface area (Å²) in [6.45, 7) is 1.57. The van der Waals surface area contributed by atoms with Crippen LogP contribution in [-0.2, 0) is 10.0 Å². The van der Waals surface area contributed by atoms with Crippen molar-refractivity contribution < 1.29 is 8.42 Å². The number of nitrogens with one attached hydrogen (secondary N) is 1. The first-order valence-electron chi connectivity index (χ1n) is 5.37. The molecule has 96 valence electrons. The van der Waals surface area contributed by atoms with Gasteiger partial charge in [-0.15, -0.1) is 0 Å². The predicted octanol–water partition coefficient (Wildman–Crippen LogP) is 2.08. The second-order valence-electron chi connectivity index (χ2n) is 4.00. The summed E-state index contributed by atoms with van der Waals surface area (Å²) < 4.78 is 26.6. The molecule has 0 saturated carbocycles. The van der Waals surface area contributed by atoms with Crippen LogP contribution in [0, 0.1) is 0 Å². The molecule has 0 aliphatic heterocycles. The summed E-state index contributed by atoms with van der Waals surface area (Å²) in [6, 6.07) is 10.1. The van der Waals surface area contributed by atoms with Gasteiger partial charge in [0.25, 0.3) is 0 Å². The number of fused-ring (bicyclic) bond motifs is 1. The summed E-state index contributed by atoms with van der Waals surface area (Å²) in [5, 5.41) is 1.80. The first-order chi connectivity index (χ1) is 8.42. The Morgan fingerprint density at radius 3 is 2.44 bits per heavy atom. The zero-order valence-electron chi connectivity index (χ0n) is 9.72. The second kappa shape index (κ2) is 4.85. The van der Waals surface area contributed by atoms with Crippen LogP contribution < -0.4 is 10.5 Å². The van der Waals surface area contributed by atoms with Crippen molar-refractivity contribution >= 4 is 32.4 Å². The van der Waals surface area contributed by atoms with Crippen LogP contribution in [0.2, 0.25) is 5.02 Å². The lowest BCUT2D eigenvalue weighted by Gasteiger charge is -2.12. The lowest BCUT2D eigenvalue weighted by Crippen LogP contribution is -2.38. The third-order valence-corrected chi connectivity index (χ3v) is 4.41. The SMILES string of the molecule is CC(N)NS(=O)(=O)c1cccc2c(Cl)cccc12. The van der Waals surface area contributed by atoms with Gasteiger partial charge in [-0.25, -0.2) is 8.42 Å². The van der Waals surface area contributed by atoms with E-state index < -0.39 is 16.2 Å². The van der Waals surface area contributed by atoms with Crippen molar-refractivity contribution in [3.63, 3.8) is 0 Å². The van der Waals surface area contributed by atoms with E-state index in [-0.39, 0.29) is 4.90 Å². The topological polar surface area (TPSA) is 72.2 Å². The van der Waals surface area contributed by atoms with E-state index in [1.807, 2.05) is 0 Å². The third kappa shape index (κ3) is 2.49. The molecule has 0 heterocycles. The maximum Gasteiger partial charge on any atom is 0.242 e. The fourth-order valence-corrected chi connectivity index (χ4v) is 3.36. The minimum absolute atomic E-state index is 0.180. The van der Waals surface area contributed by atoms with Gasteiger partial charge in [-0.05, 0) is 19.1 Å². The van der Waals surface area contributed by atoms with Crippen LogP contribution >= 0.6 is 11.6 Å². The minimum atomic E-state index is -3.64. The lowest BCUT2D eigenvalue weighted by atomic mass is 10.1. The fourth-order valence-electron chi connectivity index (χ4n) is 1.79. The molecule has 18 heavy (non-hydrogen) atoms. The zero-order valence-corrected chi connectivity index (χ0v) is 11.3. The highest BCUT2D eigenvalue weighted by Gasteiger charge is 2.18. The van der Waals surface area contributed by atoms with E-state index in [2.05, 4.69) is 4.72 Å². The van der Waals surface area contributed by atoms with E-state index in [9.17, 15) is 8.42 Å². The largest absolute Gasteiger partial charge is 0.315 e. The molecular weight excluding hydrogens is 272 g/mol. The van der Waals surface area contributed by atoms with Crippen molar-refractivity contribution in [1.82, 2.24) is 4.72 Å². The molecule has 0 amide bonds. The highest BCUT2D eigenvalue weighted by molar-refractivity contribution is 7.89. The van der Waals surface area contributed by atoms with Crippen LogP contribution in [0.4, 0.5) is 0 Å². The Hall–Kier alpha value is -1.14. The van der Waals surface area contributed by atoms with Crippen LogP contribution in [-0.4, -0.2) is 14.6 Å². The maximum atomic E-state index is 12.1. The Bertz CT molecular complexity index is 684. The van der Waals surface area contributed by atoms with Crippen molar-refractivity contribution in [2.24, 2.45) is 5.73 Å². The second-order valence-corrected chi connectivity index (χ2v) is 6.09. The monoisotopic (exact) mass is 284 g/mol. The molecule has 2 aromatic rings. The Balaban J connectivity index is 2.69. The Kier molecular flexibility index (Phi) is 3.59. The van der Waals surface area contributed by atoms with Gasteiger partial charge >= 0.3 is 0 Å². The highest BCUT2D eigenvalue weighted by Crippen LogP contribution is 2.28. The Morgan fingerprint density at radius 1 is 1.17 bits per heavy atom. The van der Waals surface area contributed by atoms with Crippen LogP contribution in [0.25, 0.3) is 10.8 Å². The first kappa shape index (κ1) is 13.3. The number of hydrogen-bond acceptors (Lipinski definition) is 3. The van der Waals surface area contributed by atoms with Gasteiger partial charge in [0, 0.05) is 15.8 Å². The predicted molar refractivity (Wildman–Crippen MR) is 72.9 cm³/mol. The molecule has 4 nitrogen and oxygen atoms in total. The summed E-state index contributed by atoms with van der Waals surface area (Å²) in [6.07, 6.45) is -0.649. The number of nitrogens with two attached hydrogens (primary N) is 1. The summed E-state index contributed by atoms with van der Waals surface area (Å²) in [5.41, 5.74) is 5.47. The zero-order chi connectivity index (χ0) is 13.3. The van der Waals surface area contributed by atoms with Gasteiger partial charge in [-0.2, -0.15) is 4.72 Å². The van der Waals surface area contributed by atoms with Gasteiger partial charge in [0.1, 0.15) is 0 Å². The average molecular weight is 285 g/mol. The average Bonchev–Trinajstić information content (AvgIpc) is 2.27. The molecule has 0 aliphatic carbocycles. The third-order valence-electron chi connectivity index (χ3n) is 2.46. The smallest absolute Gasteiger partial charge is 0.242 e. The minimum Gasteiger partial charge on any atom is -0.315 e. The summed E-state index contributed by atoms with van der Waals surface area (Å²) in [4.78, 5) is 0.180. The molecule has 1 unspecified atom stereocenters. The number of benzene rings is 2.